The Bertz CT molecular complexity index is 1070. The van der Waals surface area contributed by atoms with Crippen molar-refractivity contribution in [3.8, 4) is 22.9 Å². The zero-order chi connectivity index (χ0) is 22.0. The van der Waals surface area contributed by atoms with Gasteiger partial charge >= 0.3 is 0 Å². The Balaban J connectivity index is 1.60. The summed E-state index contributed by atoms with van der Waals surface area (Å²) in [6, 6.07) is 11.3. The summed E-state index contributed by atoms with van der Waals surface area (Å²) in [5, 5.41) is 11.4. The van der Waals surface area contributed by atoms with E-state index in [0.717, 1.165) is 28.7 Å². The first-order valence-corrected chi connectivity index (χ1v) is 10.6. The second-order valence-corrected chi connectivity index (χ2v) is 8.09. The van der Waals surface area contributed by atoms with Crippen molar-refractivity contribution in [2.45, 2.75) is 25.3 Å². The van der Waals surface area contributed by atoms with Gasteiger partial charge in [-0.2, -0.15) is 0 Å². The van der Waals surface area contributed by atoms with E-state index in [9.17, 15) is 4.79 Å². The minimum Gasteiger partial charge on any atom is -0.496 e. The molecule has 31 heavy (non-hydrogen) atoms. The van der Waals surface area contributed by atoms with Crippen molar-refractivity contribution in [1.82, 2.24) is 20.3 Å². The van der Waals surface area contributed by atoms with Gasteiger partial charge in [0.2, 0.25) is 0 Å². The molecule has 1 N–H and O–H groups in total. The maximum absolute atomic E-state index is 13.1. The lowest BCUT2D eigenvalue weighted by molar-refractivity contribution is 0.0944. The number of aromatic nitrogens is 3. The molecule has 3 aromatic rings. The lowest BCUT2D eigenvalue weighted by Crippen LogP contribution is -2.25. The van der Waals surface area contributed by atoms with Crippen LogP contribution < -0.4 is 19.5 Å². The number of carbonyl (C=O) groups is 1. The predicted molar refractivity (Wildman–Crippen MR) is 118 cm³/mol. The highest BCUT2D eigenvalue weighted by atomic mass is 79.9. The molecule has 1 aliphatic rings. The average molecular weight is 487 g/mol. The second-order valence-electron chi connectivity index (χ2n) is 7.18. The van der Waals surface area contributed by atoms with Crippen LogP contribution in [0.1, 0.15) is 40.5 Å². The molecule has 0 radical (unpaired) electrons. The fourth-order valence-electron chi connectivity index (χ4n) is 3.45. The van der Waals surface area contributed by atoms with Gasteiger partial charge in [-0.15, -0.1) is 5.10 Å². The number of nitrogens with one attached hydrogen (secondary N) is 1. The van der Waals surface area contributed by atoms with Gasteiger partial charge in [0.1, 0.15) is 17.2 Å². The van der Waals surface area contributed by atoms with Crippen molar-refractivity contribution >= 4 is 21.8 Å². The van der Waals surface area contributed by atoms with E-state index in [-0.39, 0.29) is 18.4 Å². The SMILES string of the molecule is COc1cc(OC)c(CNC(=O)c2nnn(-c3ccc(Br)cc3)c2C2CC2)c(OC)c1. The first-order chi connectivity index (χ1) is 15.0. The molecule has 0 bridgehead atoms. The fraction of sp³-hybridized carbons (Fsp3) is 0.318. The van der Waals surface area contributed by atoms with Crippen LogP contribution in [0.3, 0.4) is 0 Å². The second kappa shape index (κ2) is 8.97. The summed E-state index contributed by atoms with van der Waals surface area (Å²) in [4.78, 5) is 13.1. The van der Waals surface area contributed by atoms with E-state index in [1.807, 2.05) is 24.3 Å². The van der Waals surface area contributed by atoms with Crippen LogP contribution >= 0.6 is 15.9 Å². The minimum atomic E-state index is -0.287. The maximum atomic E-state index is 13.1. The third-order valence-electron chi connectivity index (χ3n) is 5.20. The number of amides is 1. The molecule has 8 nitrogen and oxygen atoms in total. The molecule has 9 heteroatoms. The van der Waals surface area contributed by atoms with Crippen molar-refractivity contribution in [1.29, 1.82) is 0 Å². The number of benzene rings is 2. The lowest BCUT2D eigenvalue weighted by atomic mass is 10.1. The van der Waals surface area contributed by atoms with E-state index < -0.39 is 0 Å². The number of hydrogen-bond acceptors (Lipinski definition) is 6. The van der Waals surface area contributed by atoms with Crippen molar-refractivity contribution in [3.63, 3.8) is 0 Å². The summed E-state index contributed by atoms with van der Waals surface area (Å²) in [7, 11) is 4.70. The molecule has 0 saturated heterocycles. The van der Waals surface area contributed by atoms with E-state index in [0.29, 0.717) is 28.5 Å². The van der Waals surface area contributed by atoms with Crippen LogP contribution in [-0.4, -0.2) is 42.2 Å². The van der Waals surface area contributed by atoms with Gasteiger partial charge in [-0.1, -0.05) is 21.1 Å². The van der Waals surface area contributed by atoms with Gasteiger partial charge in [0, 0.05) is 22.5 Å². The van der Waals surface area contributed by atoms with Gasteiger partial charge in [-0.05, 0) is 37.1 Å². The molecule has 1 aromatic heterocycles. The Labute approximate surface area is 188 Å². The zero-order valence-corrected chi connectivity index (χ0v) is 19.1. The summed E-state index contributed by atoms with van der Waals surface area (Å²) in [6.45, 7) is 0.213. The molecule has 162 valence electrons. The topological polar surface area (TPSA) is 87.5 Å². The number of rotatable bonds is 8. The van der Waals surface area contributed by atoms with Crippen LogP contribution in [0.4, 0.5) is 0 Å². The van der Waals surface area contributed by atoms with E-state index in [1.165, 1.54) is 0 Å². The Morgan fingerprint density at radius 2 is 1.74 bits per heavy atom. The molecule has 0 unspecified atom stereocenters. The van der Waals surface area contributed by atoms with Crippen LogP contribution in [0.15, 0.2) is 40.9 Å². The van der Waals surface area contributed by atoms with E-state index in [4.69, 9.17) is 14.2 Å². The molecule has 1 fully saturated rings. The summed E-state index contributed by atoms with van der Waals surface area (Å²) in [5.41, 5.74) is 2.77. The highest BCUT2D eigenvalue weighted by Crippen LogP contribution is 2.42. The molecular weight excluding hydrogens is 464 g/mol. The summed E-state index contributed by atoms with van der Waals surface area (Å²) < 4.78 is 18.9. The van der Waals surface area contributed by atoms with E-state index in [2.05, 4.69) is 31.6 Å². The molecule has 0 aliphatic heterocycles. The molecule has 2 aromatic carbocycles. The largest absolute Gasteiger partial charge is 0.496 e. The van der Waals surface area contributed by atoms with Crippen LogP contribution in [0.5, 0.6) is 17.2 Å². The molecule has 1 amide bonds. The highest BCUT2D eigenvalue weighted by Gasteiger charge is 2.34. The predicted octanol–water partition coefficient (Wildman–Crippen LogP) is 3.86. The Hall–Kier alpha value is -3.07. The number of methoxy groups -OCH3 is 3. The van der Waals surface area contributed by atoms with E-state index >= 15 is 0 Å². The summed E-state index contributed by atoms with van der Waals surface area (Å²) in [6.07, 6.45) is 2.04. The Morgan fingerprint density at radius 1 is 1.10 bits per heavy atom. The van der Waals surface area contributed by atoms with Crippen LogP contribution in [0.2, 0.25) is 0 Å². The first-order valence-electron chi connectivity index (χ1n) is 9.84. The third kappa shape index (κ3) is 4.36. The number of ether oxygens (including phenoxy) is 3. The highest BCUT2D eigenvalue weighted by molar-refractivity contribution is 9.10. The number of nitrogens with zero attached hydrogens (tertiary/aromatic N) is 3. The summed E-state index contributed by atoms with van der Waals surface area (Å²) >= 11 is 3.44. The zero-order valence-electron chi connectivity index (χ0n) is 17.5. The Kier molecular flexibility index (Phi) is 6.13. The number of halogens is 1. The van der Waals surface area contributed by atoms with Gasteiger partial charge in [0.15, 0.2) is 5.69 Å². The van der Waals surface area contributed by atoms with Crippen molar-refractivity contribution < 1.29 is 19.0 Å². The van der Waals surface area contributed by atoms with Gasteiger partial charge in [0.25, 0.3) is 5.91 Å². The van der Waals surface area contributed by atoms with Crippen LogP contribution in [-0.2, 0) is 6.54 Å². The monoisotopic (exact) mass is 486 g/mol. The van der Waals surface area contributed by atoms with Gasteiger partial charge in [0.05, 0.1) is 44.8 Å². The molecule has 1 saturated carbocycles. The standard InChI is InChI=1S/C22H23BrN4O4/c1-29-16-10-18(30-2)17(19(11-16)31-3)12-24-22(28)20-21(13-4-5-13)27(26-25-20)15-8-6-14(23)7-9-15/h6-11,13H,4-5,12H2,1-3H3,(H,24,28). The quantitative estimate of drug-likeness (QED) is 0.519. The fourth-order valence-corrected chi connectivity index (χ4v) is 3.72. The maximum Gasteiger partial charge on any atom is 0.274 e. The molecule has 1 heterocycles. The number of hydrogen-bond donors (Lipinski definition) is 1. The van der Waals surface area contributed by atoms with Gasteiger partial charge in [-0.25, -0.2) is 4.68 Å². The normalized spacial score (nSPS) is 13.0. The van der Waals surface area contributed by atoms with Crippen LogP contribution in [0, 0.1) is 0 Å². The van der Waals surface area contributed by atoms with E-state index in [1.54, 1.807) is 38.1 Å². The first kappa shape index (κ1) is 21.2. The Morgan fingerprint density at radius 3 is 2.29 bits per heavy atom. The third-order valence-corrected chi connectivity index (χ3v) is 5.73. The number of carbonyl (C=O) groups excluding carboxylic acids is 1. The minimum absolute atomic E-state index is 0.213. The molecule has 0 spiro atoms. The molecule has 1 aliphatic carbocycles. The van der Waals surface area contributed by atoms with Gasteiger partial charge in [-0.3, -0.25) is 4.79 Å². The van der Waals surface area contributed by atoms with Crippen molar-refractivity contribution in [3.05, 3.63) is 57.8 Å². The van der Waals surface area contributed by atoms with Crippen molar-refractivity contribution in [2.24, 2.45) is 0 Å². The molecular formula is C22H23BrN4O4. The molecule has 4 rings (SSSR count). The molecule has 0 atom stereocenters. The lowest BCUT2D eigenvalue weighted by Gasteiger charge is -2.15. The van der Waals surface area contributed by atoms with Crippen LogP contribution in [0.25, 0.3) is 5.69 Å². The smallest absolute Gasteiger partial charge is 0.274 e. The average Bonchev–Trinajstić information content (AvgIpc) is 3.55. The summed E-state index contributed by atoms with van der Waals surface area (Å²) in [5.74, 6) is 1.74. The van der Waals surface area contributed by atoms with Crippen molar-refractivity contribution in [2.75, 3.05) is 21.3 Å². The van der Waals surface area contributed by atoms with Gasteiger partial charge < -0.3 is 19.5 Å².